The van der Waals surface area contributed by atoms with Gasteiger partial charge in [-0.05, 0) is 56.6 Å². The number of aryl methyl sites for hydroxylation is 2. The number of ether oxygens (including phenoxy) is 1. The first-order chi connectivity index (χ1) is 12.0. The molecule has 1 N–H and O–H groups in total. The predicted molar refractivity (Wildman–Crippen MR) is 94.4 cm³/mol. The highest BCUT2D eigenvalue weighted by Gasteiger charge is 2.53. The Morgan fingerprint density at radius 2 is 1.96 bits per heavy atom. The van der Waals surface area contributed by atoms with Crippen molar-refractivity contribution in [2.45, 2.75) is 51.0 Å². The van der Waals surface area contributed by atoms with Gasteiger partial charge in [0.2, 0.25) is 5.91 Å². The fourth-order valence-electron chi connectivity index (χ4n) is 4.64. The van der Waals surface area contributed by atoms with Gasteiger partial charge in [0.25, 0.3) is 0 Å². The van der Waals surface area contributed by atoms with Crippen molar-refractivity contribution in [3.05, 3.63) is 34.9 Å². The van der Waals surface area contributed by atoms with Crippen molar-refractivity contribution < 1.29 is 14.3 Å². The lowest BCUT2D eigenvalue weighted by Crippen LogP contribution is -2.58. The molecule has 0 atom stereocenters. The average molecular weight is 342 g/mol. The van der Waals surface area contributed by atoms with E-state index in [1.54, 1.807) is 0 Å². The SMILES string of the molecule is Cc1ccc(C)c(C2CCN(C(=O)[C@H]3C[C@]4(COC(=O)N4)C3)CC2)c1. The van der Waals surface area contributed by atoms with Crippen LogP contribution in [0.3, 0.4) is 0 Å². The maximum atomic E-state index is 12.7. The molecule has 134 valence electrons. The summed E-state index contributed by atoms with van der Waals surface area (Å²) < 4.78 is 4.99. The zero-order chi connectivity index (χ0) is 17.6. The van der Waals surface area contributed by atoms with Crippen molar-refractivity contribution in [2.24, 2.45) is 5.92 Å². The standard InChI is InChI=1S/C20H26N2O3/c1-13-3-4-14(2)17(9-13)15-5-7-22(8-6-15)18(23)16-10-20(11-16)12-25-19(24)21-20/h3-4,9,15-16H,5-8,10-12H2,1-2H3,(H,21,24)/t16-,20+. The number of alkyl carbamates (subject to hydrolysis) is 1. The molecule has 1 aromatic rings. The lowest BCUT2D eigenvalue weighted by atomic mass is 9.68. The van der Waals surface area contributed by atoms with Crippen molar-refractivity contribution in [3.8, 4) is 0 Å². The summed E-state index contributed by atoms with van der Waals surface area (Å²) in [5.74, 6) is 0.852. The molecule has 0 unspecified atom stereocenters. The monoisotopic (exact) mass is 342 g/mol. The first-order valence-corrected chi connectivity index (χ1v) is 9.27. The fraction of sp³-hybridized carbons (Fsp3) is 0.600. The molecule has 3 aliphatic rings. The number of likely N-dealkylation sites (tertiary alicyclic amines) is 1. The minimum atomic E-state index is -0.347. The molecule has 2 heterocycles. The number of nitrogens with one attached hydrogen (secondary N) is 1. The van der Waals surface area contributed by atoms with Crippen LogP contribution in [0, 0.1) is 19.8 Å². The molecule has 0 bridgehead atoms. The predicted octanol–water partition coefficient (Wildman–Crippen LogP) is 2.90. The Kier molecular flexibility index (Phi) is 3.97. The number of hydrogen-bond acceptors (Lipinski definition) is 3. The van der Waals surface area contributed by atoms with Crippen LogP contribution in [0.15, 0.2) is 18.2 Å². The van der Waals surface area contributed by atoms with Gasteiger partial charge in [-0.25, -0.2) is 4.79 Å². The molecule has 1 aromatic carbocycles. The van der Waals surface area contributed by atoms with Crippen molar-refractivity contribution in [1.82, 2.24) is 10.2 Å². The van der Waals surface area contributed by atoms with Crippen molar-refractivity contribution in [1.29, 1.82) is 0 Å². The van der Waals surface area contributed by atoms with Crippen LogP contribution in [-0.4, -0.2) is 42.1 Å². The Bertz CT molecular complexity index is 701. The molecule has 25 heavy (non-hydrogen) atoms. The highest BCUT2D eigenvalue weighted by Crippen LogP contribution is 2.42. The van der Waals surface area contributed by atoms with Gasteiger partial charge in [0.1, 0.15) is 6.61 Å². The van der Waals surface area contributed by atoms with E-state index in [0.717, 1.165) is 25.9 Å². The summed E-state index contributed by atoms with van der Waals surface area (Å²) in [4.78, 5) is 26.0. The molecule has 0 aromatic heterocycles. The second-order valence-corrected chi connectivity index (χ2v) is 8.05. The van der Waals surface area contributed by atoms with Crippen LogP contribution in [-0.2, 0) is 9.53 Å². The van der Waals surface area contributed by atoms with E-state index in [4.69, 9.17) is 4.74 Å². The van der Waals surface area contributed by atoms with Crippen molar-refractivity contribution in [3.63, 3.8) is 0 Å². The zero-order valence-electron chi connectivity index (χ0n) is 15.0. The molecule has 2 saturated heterocycles. The smallest absolute Gasteiger partial charge is 0.407 e. The van der Waals surface area contributed by atoms with Gasteiger partial charge in [-0.3, -0.25) is 4.79 Å². The lowest BCUT2D eigenvalue weighted by molar-refractivity contribution is -0.142. The summed E-state index contributed by atoms with van der Waals surface area (Å²) in [6.45, 7) is 6.40. The molecule has 4 rings (SSSR count). The van der Waals surface area contributed by atoms with Crippen molar-refractivity contribution in [2.75, 3.05) is 19.7 Å². The van der Waals surface area contributed by atoms with Gasteiger partial charge in [0.15, 0.2) is 0 Å². The Morgan fingerprint density at radius 1 is 1.24 bits per heavy atom. The van der Waals surface area contributed by atoms with Crippen LogP contribution in [0.5, 0.6) is 0 Å². The van der Waals surface area contributed by atoms with Crippen LogP contribution >= 0.6 is 0 Å². The molecule has 1 saturated carbocycles. The molecular weight excluding hydrogens is 316 g/mol. The molecular formula is C20H26N2O3. The van der Waals surface area contributed by atoms with Crippen LogP contribution in [0.25, 0.3) is 0 Å². The third-order valence-electron chi connectivity index (χ3n) is 6.15. The number of benzene rings is 1. The van der Waals surface area contributed by atoms with E-state index in [1.165, 1.54) is 16.7 Å². The van der Waals surface area contributed by atoms with Crippen LogP contribution in [0.2, 0.25) is 0 Å². The summed E-state index contributed by atoms with van der Waals surface area (Å²) in [6.07, 6.45) is 3.16. The van der Waals surface area contributed by atoms with Gasteiger partial charge in [-0.2, -0.15) is 0 Å². The number of nitrogens with zero attached hydrogens (tertiary/aromatic N) is 1. The fourth-order valence-corrected chi connectivity index (χ4v) is 4.64. The van der Waals surface area contributed by atoms with Gasteiger partial charge in [-0.1, -0.05) is 23.8 Å². The third kappa shape index (κ3) is 3.00. The van der Waals surface area contributed by atoms with Gasteiger partial charge >= 0.3 is 6.09 Å². The minimum Gasteiger partial charge on any atom is -0.447 e. The number of piperidine rings is 1. The molecule has 5 nitrogen and oxygen atoms in total. The van der Waals surface area contributed by atoms with Crippen LogP contribution < -0.4 is 5.32 Å². The van der Waals surface area contributed by atoms with E-state index in [9.17, 15) is 9.59 Å². The quantitative estimate of drug-likeness (QED) is 0.899. The first kappa shape index (κ1) is 16.4. The third-order valence-corrected chi connectivity index (χ3v) is 6.15. The van der Waals surface area contributed by atoms with E-state index in [2.05, 4.69) is 37.4 Å². The average Bonchev–Trinajstić information content (AvgIpc) is 2.97. The zero-order valence-corrected chi connectivity index (χ0v) is 15.0. The minimum absolute atomic E-state index is 0.0410. The number of cyclic esters (lactones) is 1. The van der Waals surface area contributed by atoms with Crippen LogP contribution in [0.4, 0.5) is 4.79 Å². The summed E-state index contributed by atoms with van der Waals surface area (Å²) in [5.41, 5.74) is 3.84. The van der Waals surface area contributed by atoms with E-state index in [1.807, 2.05) is 4.90 Å². The molecule has 0 radical (unpaired) electrons. The topological polar surface area (TPSA) is 58.6 Å². The summed E-state index contributed by atoms with van der Waals surface area (Å²) in [6, 6.07) is 6.67. The van der Waals surface area contributed by atoms with Crippen molar-refractivity contribution >= 4 is 12.0 Å². The number of hydrogen-bond donors (Lipinski definition) is 1. The summed E-state index contributed by atoms with van der Waals surface area (Å²) >= 11 is 0. The molecule has 3 fully saturated rings. The van der Waals surface area contributed by atoms with Gasteiger partial charge in [0, 0.05) is 19.0 Å². The molecule has 5 heteroatoms. The Morgan fingerprint density at radius 3 is 2.60 bits per heavy atom. The number of amides is 2. The van der Waals surface area contributed by atoms with Gasteiger partial charge < -0.3 is 15.0 Å². The lowest BCUT2D eigenvalue weighted by Gasteiger charge is -2.45. The molecule has 2 aliphatic heterocycles. The second-order valence-electron chi connectivity index (χ2n) is 8.05. The summed E-state index contributed by atoms with van der Waals surface area (Å²) in [5, 5.41) is 2.86. The Balaban J connectivity index is 1.32. The Hall–Kier alpha value is -2.04. The van der Waals surface area contributed by atoms with Gasteiger partial charge in [-0.15, -0.1) is 0 Å². The van der Waals surface area contributed by atoms with E-state index in [-0.39, 0.29) is 23.5 Å². The normalized spacial score (nSPS) is 29.3. The largest absolute Gasteiger partial charge is 0.447 e. The van der Waals surface area contributed by atoms with Crippen LogP contribution in [0.1, 0.15) is 48.3 Å². The number of carbonyl (C=O) groups is 2. The second kappa shape index (κ2) is 6.04. The maximum Gasteiger partial charge on any atom is 0.407 e. The first-order valence-electron chi connectivity index (χ1n) is 9.27. The molecule has 1 spiro atoms. The highest BCUT2D eigenvalue weighted by atomic mass is 16.6. The van der Waals surface area contributed by atoms with E-state index < -0.39 is 0 Å². The number of carbonyl (C=O) groups excluding carboxylic acids is 2. The molecule has 1 aliphatic carbocycles. The Labute approximate surface area is 148 Å². The maximum absolute atomic E-state index is 12.7. The highest BCUT2D eigenvalue weighted by molar-refractivity contribution is 5.81. The molecule has 2 amide bonds. The number of rotatable bonds is 2. The van der Waals surface area contributed by atoms with E-state index in [0.29, 0.717) is 25.4 Å². The summed E-state index contributed by atoms with van der Waals surface area (Å²) in [7, 11) is 0. The van der Waals surface area contributed by atoms with E-state index >= 15 is 0 Å². The van der Waals surface area contributed by atoms with Gasteiger partial charge in [0.05, 0.1) is 5.54 Å².